The van der Waals surface area contributed by atoms with Crippen LogP contribution in [0.25, 0.3) is 5.57 Å². The number of allylic oxidation sites excluding steroid dienone is 1. The number of hydrogen-bond acceptors (Lipinski definition) is 0. The Morgan fingerprint density at radius 1 is 1.12 bits per heavy atom. The molecule has 16 heavy (non-hydrogen) atoms. The van der Waals surface area contributed by atoms with Gasteiger partial charge in [-0.1, -0.05) is 38.1 Å². The molecule has 0 N–H and O–H groups in total. The Hall–Kier alpha value is -1.04. The number of hydrogen-bond donors (Lipinski definition) is 0. The predicted octanol–water partition coefficient (Wildman–Crippen LogP) is 5.24. The van der Waals surface area contributed by atoms with Crippen molar-refractivity contribution in [2.24, 2.45) is 0 Å². The molecule has 1 aromatic rings. The van der Waals surface area contributed by atoms with Crippen LogP contribution in [0, 0.1) is 13.8 Å². The normalized spacial score (nSPS) is 14.1. The smallest absolute Gasteiger partial charge is 0.0159 e. The molecule has 0 heteroatoms. The van der Waals surface area contributed by atoms with Gasteiger partial charge in [0.1, 0.15) is 0 Å². The molecule has 0 bridgehead atoms. The minimum absolute atomic E-state index is 0.855. The fraction of sp³-hybridized carbons (Fsp3) is 0.500. The highest BCUT2D eigenvalue weighted by Gasteiger charge is 2.25. The van der Waals surface area contributed by atoms with Gasteiger partial charge in [-0.2, -0.15) is 0 Å². The van der Waals surface area contributed by atoms with Gasteiger partial charge in [0.25, 0.3) is 0 Å². The van der Waals surface area contributed by atoms with Crippen molar-refractivity contribution in [3.05, 3.63) is 41.0 Å². The summed E-state index contributed by atoms with van der Waals surface area (Å²) in [6, 6.07) is 4.66. The summed E-state index contributed by atoms with van der Waals surface area (Å²) in [7, 11) is 0. The molecule has 88 valence electrons. The Balaban J connectivity index is 0.000000606. The molecule has 0 unspecified atom stereocenters. The second kappa shape index (κ2) is 5.34. The number of aryl methyl sites for hydroxylation is 2. The van der Waals surface area contributed by atoms with E-state index < -0.39 is 0 Å². The van der Waals surface area contributed by atoms with Crippen LogP contribution < -0.4 is 0 Å². The Kier molecular flexibility index (Phi) is 4.35. The first kappa shape index (κ1) is 13.0. The third-order valence-electron chi connectivity index (χ3n) is 3.09. The van der Waals surface area contributed by atoms with Crippen molar-refractivity contribution < 1.29 is 0 Å². The molecule has 1 saturated carbocycles. The molecule has 0 nitrogen and oxygen atoms in total. The van der Waals surface area contributed by atoms with E-state index in [1.165, 1.54) is 35.1 Å². The van der Waals surface area contributed by atoms with Crippen LogP contribution >= 0.6 is 0 Å². The van der Waals surface area contributed by atoms with Crippen LogP contribution in [0.15, 0.2) is 18.7 Å². The van der Waals surface area contributed by atoms with Crippen LogP contribution in [-0.2, 0) is 0 Å². The van der Waals surface area contributed by atoms with E-state index in [9.17, 15) is 0 Å². The van der Waals surface area contributed by atoms with Gasteiger partial charge in [-0.05, 0) is 61.8 Å². The lowest BCUT2D eigenvalue weighted by Gasteiger charge is -2.11. The van der Waals surface area contributed by atoms with E-state index in [1.54, 1.807) is 5.56 Å². The molecule has 0 radical (unpaired) electrons. The highest BCUT2D eigenvalue weighted by molar-refractivity contribution is 5.66. The summed E-state index contributed by atoms with van der Waals surface area (Å²) in [6.45, 7) is 14.5. The molecule has 0 heterocycles. The molecule has 0 spiro atoms. The van der Waals surface area contributed by atoms with Gasteiger partial charge in [0.05, 0.1) is 0 Å². The first-order valence-corrected chi connectivity index (χ1v) is 6.36. The molecular weight excluding hydrogens is 192 g/mol. The molecule has 0 saturated heterocycles. The summed E-state index contributed by atoms with van der Waals surface area (Å²) in [5.74, 6) is 0.855. The summed E-state index contributed by atoms with van der Waals surface area (Å²) < 4.78 is 0. The summed E-state index contributed by atoms with van der Waals surface area (Å²) >= 11 is 0. The van der Waals surface area contributed by atoms with Crippen molar-refractivity contribution in [3.8, 4) is 0 Å². The van der Waals surface area contributed by atoms with Gasteiger partial charge in [0, 0.05) is 0 Å². The standard InChI is InChI=1S/C14H18.C2H6/c1-9(2)13-7-11(4)14(8-10(13)3)12-5-6-12;1-2/h7-8,12H,1,5-6H2,2-4H3;1-2H3. The highest BCUT2D eigenvalue weighted by atomic mass is 14.3. The van der Waals surface area contributed by atoms with Crippen LogP contribution in [0.2, 0.25) is 0 Å². The van der Waals surface area contributed by atoms with Gasteiger partial charge in [-0.3, -0.25) is 0 Å². The molecule has 0 aliphatic heterocycles. The fourth-order valence-corrected chi connectivity index (χ4v) is 2.13. The van der Waals surface area contributed by atoms with Crippen molar-refractivity contribution in [2.75, 3.05) is 0 Å². The molecule has 1 aliphatic carbocycles. The molecule has 1 fully saturated rings. The fourth-order valence-electron chi connectivity index (χ4n) is 2.13. The average molecular weight is 216 g/mol. The Morgan fingerprint density at radius 2 is 1.69 bits per heavy atom. The second-order valence-electron chi connectivity index (χ2n) is 4.58. The van der Waals surface area contributed by atoms with Gasteiger partial charge in [-0.25, -0.2) is 0 Å². The van der Waals surface area contributed by atoms with Crippen LogP contribution in [0.5, 0.6) is 0 Å². The molecular formula is C16H24. The third-order valence-corrected chi connectivity index (χ3v) is 3.09. The summed E-state index contributed by atoms with van der Waals surface area (Å²) in [6.07, 6.45) is 2.76. The van der Waals surface area contributed by atoms with Crippen molar-refractivity contribution in [1.82, 2.24) is 0 Å². The van der Waals surface area contributed by atoms with Crippen LogP contribution in [0.1, 0.15) is 61.8 Å². The summed E-state index contributed by atoms with van der Waals surface area (Å²) in [4.78, 5) is 0. The van der Waals surface area contributed by atoms with Gasteiger partial charge in [0.2, 0.25) is 0 Å². The predicted molar refractivity (Wildman–Crippen MR) is 73.9 cm³/mol. The zero-order valence-corrected chi connectivity index (χ0v) is 11.4. The quantitative estimate of drug-likeness (QED) is 0.634. The Bertz CT molecular complexity index is 381. The van der Waals surface area contributed by atoms with Gasteiger partial charge < -0.3 is 0 Å². The summed E-state index contributed by atoms with van der Waals surface area (Å²) in [5.41, 5.74) is 6.88. The first-order chi connectivity index (χ1) is 7.59. The van der Waals surface area contributed by atoms with E-state index in [2.05, 4.69) is 39.5 Å². The van der Waals surface area contributed by atoms with Crippen molar-refractivity contribution in [1.29, 1.82) is 0 Å². The van der Waals surface area contributed by atoms with Gasteiger partial charge in [0.15, 0.2) is 0 Å². The SMILES string of the molecule is C=C(C)c1cc(C)c(C2CC2)cc1C.CC. The lowest BCUT2D eigenvalue weighted by atomic mass is 9.94. The van der Waals surface area contributed by atoms with E-state index in [-0.39, 0.29) is 0 Å². The van der Waals surface area contributed by atoms with E-state index in [0.29, 0.717) is 0 Å². The maximum absolute atomic E-state index is 4.02. The molecule has 0 amide bonds. The lowest BCUT2D eigenvalue weighted by Crippen LogP contribution is -1.92. The monoisotopic (exact) mass is 216 g/mol. The Labute approximate surface area is 100 Å². The average Bonchev–Trinajstić information content (AvgIpc) is 3.07. The number of rotatable bonds is 2. The summed E-state index contributed by atoms with van der Waals surface area (Å²) in [5, 5.41) is 0. The second-order valence-corrected chi connectivity index (χ2v) is 4.58. The van der Waals surface area contributed by atoms with Crippen molar-refractivity contribution in [2.45, 2.75) is 53.4 Å². The van der Waals surface area contributed by atoms with Crippen molar-refractivity contribution in [3.63, 3.8) is 0 Å². The van der Waals surface area contributed by atoms with E-state index in [1.807, 2.05) is 13.8 Å². The Morgan fingerprint density at radius 3 is 2.12 bits per heavy atom. The van der Waals surface area contributed by atoms with Gasteiger partial charge in [-0.15, -0.1) is 0 Å². The van der Waals surface area contributed by atoms with Crippen LogP contribution in [0.3, 0.4) is 0 Å². The zero-order chi connectivity index (χ0) is 12.3. The highest BCUT2D eigenvalue weighted by Crippen LogP contribution is 2.42. The molecule has 2 rings (SSSR count). The van der Waals surface area contributed by atoms with Crippen LogP contribution in [-0.4, -0.2) is 0 Å². The lowest BCUT2D eigenvalue weighted by molar-refractivity contribution is 1.09. The molecule has 0 aromatic heterocycles. The number of benzene rings is 1. The van der Waals surface area contributed by atoms with Gasteiger partial charge >= 0.3 is 0 Å². The maximum atomic E-state index is 4.02. The third kappa shape index (κ3) is 2.75. The first-order valence-electron chi connectivity index (χ1n) is 6.36. The minimum atomic E-state index is 0.855. The van der Waals surface area contributed by atoms with Crippen LogP contribution in [0.4, 0.5) is 0 Å². The molecule has 0 atom stereocenters. The van der Waals surface area contributed by atoms with E-state index >= 15 is 0 Å². The topological polar surface area (TPSA) is 0 Å². The van der Waals surface area contributed by atoms with E-state index in [0.717, 1.165) is 5.92 Å². The molecule has 1 aliphatic rings. The zero-order valence-electron chi connectivity index (χ0n) is 11.4. The largest absolute Gasteiger partial charge is 0.0955 e. The van der Waals surface area contributed by atoms with Crippen molar-refractivity contribution >= 4 is 5.57 Å². The van der Waals surface area contributed by atoms with E-state index in [4.69, 9.17) is 0 Å². The molecule has 1 aromatic carbocycles. The minimum Gasteiger partial charge on any atom is -0.0955 e. The maximum Gasteiger partial charge on any atom is -0.0159 e.